The first-order chi connectivity index (χ1) is 15.1. The van der Waals surface area contributed by atoms with E-state index in [2.05, 4.69) is 5.32 Å². The summed E-state index contributed by atoms with van der Waals surface area (Å²) in [5.74, 6) is -6.00. The summed E-state index contributed by atoms with van der Waals surface area (Å²) in [6.45, 7) is 1.73. The number of aromatic hydroxyl groups is 1. The summed E-state index contributed by atoms with van der Waals surface area (Å²) in [6.07, 6.45) is 1.62. The van der Waals surface area contributed by atoms with Gasteiger partial charge in [-0.3, -0.25) is 14.4 Å². The van der Waals surface area contributed by atoms with E-state index in [1.54, 1.807) is 14.0 Å². The summed E-state index contributed by atoms with van der Waals surface area (Å²) in [4.78, 5) is 39.6. The number of nitrogens with zero attached hydrogens (tertiary/aromatic N) is 2. The van der Waals surface area contributed by atoms with Gasteiger partial charge in [0.05, 0.1) is 18.2 Å². The van der Waals surface area contributed by atoms with Crippen molar-refractivity contribution in [2.75, 3.05) is 20.3 Å². The molecule has 4 rings (SSSR count). The van der Waals surface area contributed by atoms with Crippen molar-refractivity contribution in [1.29, 1.82) is 0 Å². The van der Waals surface area contributed by atoms with Gasteiger partial charge in [0.1, 0.15) is 23.0 Å². The first-order valence-electron chi connectivity index (χ1n) is 9.82. The summed E-state index contributed by atoms with van der Waals surface area (Å²) in [5.41, 5.74) is -3.20. The molecule has 0 aliphatic carbocycles. The standard InChI is InChI=1S/C21H20F3N3O5/c1-21-9-32-4-3-15(21)27-8-12(17(28)18(29)16(27)20(31)26(21)2)19(30)25-7-11-13(23)5-10(22)6-14(11)24/h5-6,8,15,29H,3-4,7,9H2,1-2H3,(H,25,30)/t15-,21-/m1/s1. The Morgan fingerprint density at radius 3 is 2.59 bits per heavy atom. The highest BCUT2D eigenvalue weighted by atomic mass is 19.1. The third-order valence-electron chi connectivity index (χ3n) is 6.24. The fraction of sp³-hybridized carbons (Fsp3) is 0.381. The average Bonchev–Trinajstić information content (AvgIpc) is 2.73. The average molecular weight is 451 g/mol. The zero-order valence-corrected chi connectivity index (χ0v) is 17.2. The molecule has 0 radical (unpaired) electrons. The van der Waals surface area contributed by atoms with Crippen molar-refractivity contribution in [1.82, 2.24) is 14.8 Å². The summed E-state index contributed by atoms with van der Waals surface area (Å²) in [5, 5.41) is 12.7. The van der Waals surface area contributed by atoms with E-state index in [4.69, 9.17) is 4.74 Å². The highest BCUT2D eigenvalue weighted by molar-refractivity contribution is 5.99. The van der Waals surface area contributed by atoms with Crippen LogP contribution >= 0.6 is 0 Å². The van der Waals surface area contributed by atoms with Gasteiger partial charge >= 0.3 is 0 Å². The number of benzene rings is 1. The summed E-state index contributed by atoms with van der Waals surface area (Å²) in [7, 11) is 1.55. The number of hydrogen-bond donors (Lipinski definition) is 2. The molecule has 2 aromatic rings. The van der Waals surface area contributed by atoms with Gasteiger partial charge in [-0.15, -0.1) is 0 Å². The van der Waals surface area contributed by atoms with E-state index < -0.39 is 63.7 Å². The second kappa shape index (κ2) is 7.66. The molecule has 1 fully saturated rings. The Kier molecular flexibility index (Phi) is 5.24. The third kappa shape index (κ3) is 3.24. The number of carbonyl (C=O) groups excluding carboxylic acids is 2. The summed E-state index contributed by atoms with van der Waals surface area (Å²) < 4.78 is 47.7. The topological polar surface area (TPSA) is 101 Å². The van der Waals surface area contributed by atoms with Crippen LogP contribution in [0.5, 0.6) is 5.75 Å². The van der Waals surface area contributed by atoms with Crippen molar-refractivity contribution in [2.24, 2.45) is 0 Å². The summed E-state index contributed by atoms with van der Waals surface area (Å²) >= 11 is 0. The number of ether oxygens (including phenoxy) is 1. The van der Waals surface area contributed by atoms with Crippen molar-refractivity contribution >= 4 is 11.8 Å². The van der Waals surface area contributed by atoms with Crippen LogP contribution < -0.4 is 10.7 Å². The van der Waals surface area contributed by atoms with Crippen molar-refractivity contribution in [3.8, 4) is 5.75 Å². The highest BCUT2D eigenvalue weighted by Crippen LogP contribution is 2.41. The minimum absolute atomic E-state index is 0.219. The Morgan fingerprint density at radius 1 is 1.28 bits per heavy atom. The number of fused-ring (bicyclic) bond motifs is 3. The second-order valence-electron chi connectivity index (χ2n) is 8.09. The largest absolute Gasteiger partial charge is 0.503 e. The SMILES string of the molecule is CN1C(=O)c2c(O)c(=O)c(C(=O)NCc3c(F)cc(F)cc3F)cn2[C@@H]2CCOC[C@]21C. The number of nitrogens with one attached hydrogen (secondary N) is 1. The quantitative estimate of drug-likeness (QED) is 0.740. The monoisotopic (exact) mass is 451 g/mol. The molecule has 0 unspecified atom stereocenters. The Hall–Kier alpha value is -3.34. The molecule has 2 N–H and O–H groups in total. The lowest BCUT2D eigenvalue weighted by Crippen LogP contribution is -2.62. The molecule has 3 heterocycles. The molecule has 1 aromatic heterocycles. The molecular formula is C21H20F3N3O5. The third-order valence-corrected chi connectivity index (χ3v) is 6.24. The van der Waals surface area contributed by atoms with Crippen molar-refractivity contribution < 1.29 is 32.6 Å². The number of halogens is 3. The number of aromatic nitrogens is 1. The molecule has 2 amide bonds. The normalized spacial score (nSPS) is 22.3. The number of hydrogen-bond acceptors (Lipinski definition) is 5. The first-order valence-corrected chi connectivity index (χ1v) is 9.82. The Morgan fingerprint density at radius 2 is 1.94 bits per heavy atom. The highest BCUT2D eigenvalue weighted by Gasteiger charge is 2.50. The van der Waals surface area contributed by atoms with Gasteiger partial charge in [-0.1, -0.05) is 0 Å². The molecule has 2 aliphatic rings. The van der Waals surface area contributed by atoms with E-state index in [0.29, 0.717) is 25.2 Å². The molecule has 11 heteroatoms. The summed E-state index contributed by atoms with van der Waals surface area (Å²) in [6, 6.07) is 0.551. The maximum atomic E-state index is 13.8. The lowest BCUT2D eigenvalue weighted by molar-refractivity contribution is -0.0620. The van der Waals surface area contributed by atoms with Crippen LogP contribution in [0.2, 0.25) is 0 Å². The number of likely N-dealkylation sites (N-methyl/N-ethyl adjacent to an activating group) is 1. The van der Waals surface area contributed by atoms with E-state index in [1.807, 2.05) is 0 Å². The number of amides is 2. The van der Waals surface area contributed by atoms with Crippen molar-refractivity contribution in [2.45, 2.75) is 31.5 Å². The lowest BCUT2D eigenvalue weighted by Gasteiger charge is -2.51. The Balaban J connectivity index is 1.72. The lowest BCUT2D eigenvalue weighted by atomic mass is 9.84. The van der Waals surface area contributed by atoms with Gasteiger partial charge in [0.15, 0.2) is 11.4 Å². The first kappa shape index (κ1) is 21.9. The fourth-order valence-corrected chi connectivity index (χ4v) is 4.27. The van der Waals surface area contributed by atoms with Gasteiger partial charge in [-0.05, 0) is 13.3 Å². The van der Waals surface area contributed by atoms with Gasteiger partial charge in [0, 0.05) is 44.1 Å². The van der Waals surface area contributed by atoms with Crippen LogP contribution in [-0.4, -0.2) is 52.2 Å². The van der Waals surface area contributed by atoms with Gasteiger partial charge in [0.25, 0.3) is 11.8 Å². The molecule has 0 spiro atoms. The van der Waals surface area contributed by atoms with E-state index in [9.17, 15) is 32.7 Å². The maximum absolute atomic E-state index is 13.8. The molecule has 32 heavy (non-hydrogen) atoms. The minimum Gasteiger partial charge on any atom is -0.503 e. The molecule has 8 nitrogen and oxygen atoms in total. The maximum Gasteiger partial charge on any atom is 0.274 e. The van der Waals surface area contributed by atoms with Gasteiger partial charge < -0.3 is 24.6 Å². The molecule has 2 aliphatic heterocycles. The van der Waals surface area contributed by atoms with E-state index in [0.717, 1.165) is 0 Å². The molecule has 170 valence electrons. The van der Waals surface area contributed by atoms with Crippen LogP contribution in [0.4, 0.5) is 13.2 Å². The Labute approximate surface area is 180 Å². The van der Waals surface area contributed by atoms with Gasteiger partial charge in [0.2, 0.25) is 5.43 Å². The molecule has 2 atom stereocenters. The zero-order chi connectivity index (χ0) is 23.4. The van der Waals surface area contributed by atoms with E-state index >= 15 is 0 Å². The van der Waals surface area contributed by atoms with E-state index in [-0.39, 0.29) is 18.3 Å². The molecule has 0 bridgehead atoms. The predicted molar refractivity (Wildman–Crippen MR) is 105 cm³/mol. The fourth-order valence-electron chi connectivity index (χ4n) is 4.27. The number of pyridine rings is 1. The number of carbonyl (C=O) groups is 2. The molecule has 1 saturated heterocycles. The van der Waals surface area contributed by atoms with Gasteiger partial charge in [-0.25, -0.2) is 13.2 Å². The van der Waals surface area contributed by atoms with Crippen LogP contribution in [0.15, 0.2) is 23.1 Å². The van der Waals surface area contributed by atoms with Crippen LogP contribution in [0.1, 0.15) is 45.8 Å². The smallest absolute Gasteiger partial charge is 0.274 e. The van der Waals surface area contributed by atoms with Crippen LogP contribution in [0.3, 0.4) is 0 Å². The van der Waals surface area contributed by atoms with Crippen LogP contribution in [0, 0.1) is 17.5 Å². The van der Waals surface area contributed by atoms with Gasteiger partial charge in [-0.2, -0.15) is 0 Å². The van der Waals surface area contributed by atoms with Crippen LogP contribution in [0.25, 0.3) is 0 Å². The molecule has 1 aromatic carbocycles. The van der Waals surface area contributed by atoms with E-state index in [1.165, 1.54) is 15.7 Å². The Bertz CT molecular complexity index is 1170. The minimum atomic E-state index is -1.19. The van der Waals surface area contributed by atoms with Crippen molar-refractivity contribution in [3.63, 3.8) is 0 Å². The van der Waals surface area contributed by atoms with Crippen molar-refractivity contribution in [3.05, 3.63) is 62.8 Å². The zero-order valence-electron chi connectivity index (χ0n) is 17.2. The van der Waals surface area contributed by atoms with Crippen LogP contribution in [-0.2, 0) is 11.3 Å². The molecule has 0 saturated carbocycles. The predicted octanol–water partition coefficient (Wildman–Crippen LogP) is 1.71. The molecular weight excluding hydrogens is 431 g/mol. The number of rotatable bonds is 3. The second-order valence-corrected chi connectivity index (χ2v) is 8.09.